The van der Waals surface area contributed by atoms with E-state index in [9.17, 15) is 30.6 Å². The van der Waals surface area contributed by atoms with Crippen LogP contribution >= 0.6 is 0 Å². The van der Waals surface area contributed by atoms with Crippen molar-refractivity contribution in [3.8, 4) is 69.0 Å². The fraction of sp³-hybridized carbons (Fsp3) is 0.455. The van der Waals surface area contributed by atoms with Crippen molar-refractivity contribution < 1.29 is 158 Å². The Hall–Kier alpha value is -4.97. The van der Waals surface area contributed by atoms with Gasteiger partial charge in [0.15, 0.2) is 0 Å². The minimum atomic E-state index is -4.94. The van der Waals surface area contributed by atoms with Gasteiger partial charge in [-0.05, 0) is 145 Å². The van der Waals surface area contributed by atoms with Crippen LogP contribution in [0.4, 0.5) is 0 Å². The molecule has 2 heterocycles. The summed E-state index contributed by atoms with van der Waals surface area (Å²) in [6, 6.07) is 22.2. The van der Waals surface area contributed by atoms with Crippen LogP contribution < -0.4 is 77.7 Å². The second kappa shape index (κ2) is 38.5. The van der Waals surface area contributed by atoms with Crippen LogP contribution in [0, 0.1) is 88.7 Å². The number of methoxy groups -OCH3 is 6. The Balaban J connectivity index is 0.000000434. The van der Waals surface area contributed by atoms with Crippen LogP contribution in [0.1, 0.15) is 66.8 Å². The van der Waals surface area contributed by atoms with Gasteiger partial charge >= 0.3 is 69.9 Å². The molecule has 2 aliphatic heterocycles. The summed E-state index contributed by atoms with van der Waals surface area (Å²) < 4.78 is 66.0. The van der Waals surface area contributed by atoms with Crippen LogP contribution in [0.3, 0.4) is 0 Å². The molecule has 2 saturated heterocycles. The van der Waals surface area contributed by atoms with Gasteiger partial charge in [-0.3, -0.25) is 29.4 Å². The van der Waals surface area contributed by atoms with Crippen molar-refractivity contribution in [1.29, 1.82) is 0 Å². The van der Waals surface area contributed by atoms with Crippen molar-refractivity contribution in [2.24, 2.45) is 0 Å². The van der Waals surface area contributed by atoms with Gasteiger partial charge in [-0.25, -0.2) is 18.6 Å². The van der Waals surface area contributed by atoms with E-state index in [0.717, 1.165) is 33.4 Å². The predicted molar refractivity (Wildman–Crippen MR) is 315 cm³/mol. The summed E-state index contributed by atoms with van der Waals surface area (Å²) in [5.41, 5.74) is 10.0. The number of rotatable bonds is 18. The Labute approximate surface area is 593 Å². The molecule has 0 radical (unpaired) electrons. The van der Waals surface area contributed by atoms with Gasteiger partial charge in [0.05, 0.1) is 42.7 Å². The summed E-state index contributed by atoms with van der Waals surface area (Å²) in [6.45, 7) is 23.2. The Morgan fingerprint density at radius 3 is 0.478 bits per heavy atom. The van der Waals surface area contributed by atoms with Crippen molar-refractivity contribution in [3.05, 3.63) is 140 Å². The third-order valence-electron chi connectivity index (χ3n) is 15.7. The molecule has 6 aromatic rings. The van der Waals surface area contributed by atoms with E-state index >= 15 is 0 Å². The SMILES string of the molecule is COc1cc(C)cc(CN2CCN(Cc3cc(C)cc(OC)c3[O-])CCN(Cc3cc(C)cc(OC)c3[O-])CC2)c1[O-].COc1cc(C)cc(CN2CCN(Cc3cc(C)cc(OC)c3[O-])CCN(Cc3cc(C)cc(OC)c3[O-])CC2)c1[O-].[Lu+3].[Ni+2].[Ni+2].[O-][Cl+3]([O-])([O-])[O-]. The van der Waals surface area contributed by atoms with Gasteiger partial charge in [0.25, 0.3) is 0 Å². The maximum atomic E-state index is 13.1. The number of nitrogens with zero attached hydrogens (tertiary/aromatic N) is 6. The second-order valence-electron chi connectivity index (χ2n) is 22.8. The van der Waals surface area contributed by atoms with Crippen molar-refractivity contribution >= 4 is 0 Å². The van der Waals surface area contributed by atoms with Gasteiger partial charge in [0, 0.05) is 118 Å². The average Bonchev–Trinajstić information content (AvgIpc) is 1.41. The molecule has 0 unspecified atom stereocenters. The van der Waals surface area contributed by atoms with E-state index in [-0.39, 0.29) is 104 Å². The number of aryl methyl sites for hydroxylation is 6. The third kappa shape index (κ3) is 24.3. The molecule has 0 spiro atoms. The van der Waals surface area contributed by atoms with E-state index in [1.165, 1.54) is 42.7 Å². The standard InChI is InChI=1S/2C33H45N3O6.ClHO4.Lu.2Ni/c2*1-22-13-25(31(37)28(16-22)40-4)19-34-7-9-35(20-26-14-23(2)17-29(41-5)32(26)38)11-12-36(10-8-34)21-27-15-24(3)18-30(42-6)33(27)39;2-1(3,4)5;;;/h2*13-18,37-39H,7-12,19-21H2,1-6H3;(H,2,3,4,5);;;/q;;;+3;2*+2/p-7. The first-order valence-corrected chi connectivity index (χ1v) is 30.5. The molecule has 92 heavy (non-hydrogen) atoms. The molecule has 26 heteroatoms. The van der Waals surface area contributed by atoms with E-state index in [4.69, 9.17) is 47.1 Å². The van der Waals surface area contributed by atoms with Crippen molar-refractivity contribution in [2.75, 3.05) is 121 Å². The summed E-state index contributed by atoms with van der Waals surface area (Å²) in [6.07, 6.45) is 0. The minimum absolute atomic E-state index is 0. The fourth-order valence-corrected chi connectivity index (χ4v) is 11.3. The second-order valence-corrected chi connectivity index (χ2v) is 23.5. The normalized spacial score (nSPS) is 14.9. The number of hydrogen-bond donors (Lipinski definition) is 0. The Morgan fingerprint density at radius 2 is 0.380 bits per heavy atom. The van der Waals surface area contributed by atoms with Crippen LogP contribution in [0.15, 0.2) is 72.8 Å². The zero-order chi connectivity index (χ0) is 65.3. The van der Waals surface area contributed by atoms with E-state index in [0.29, 0.717) is 186 Å². The molecule has 516 valence electrons. The Kier molecular flexibility index (Phi) is 34.0. The molecule has 8 rings (SSSR count). The first-order chi connectivity index (χ1) is 42.2. The Morgan fingerprint density at radius 1 is 0.272 bits per heavy atom. The monoisotopic (exact) mass is 1540 g/mol. The molecule has 0 amide bonds. The van der Waals surface area contributed by atoms with Crippen LogP contribution in [-0.4, -0.2) is 151 Å². The van der Waals surface area contributed by atoms with Crippen LogP contribution in [0.5, 0.6) is 69.0 Å². The van der Waals surface area contributed by atoms with Gasteiger partial charge in [-0.2, -0.15) is 0 Å². The molecule has 0 saturated carbocycles. The zero-order valence-electron chi connectivity index (χ0n) is 54.1. The summed E-state index contributed by atoms with van der Waals surface area (Å²) in [4.78, 5) is 13.6. The van der Waals surface area contributed by atoms with E-state index < -0.39 is 10.2 Å². The number of halogens is 1. The van der Waals surface area contributed by atoms with Gasteiger partial charge < -0.3 is 59.1 Å². The van der Waals surface area contributed by atoms with E-state index in [1.807, 2.05) is 77.9 Å². The van der Waals surface area contributed by atoms with Crippen molar-refractivity contribution in [2.45, 2.75) is 80.8 Å². The first-order valence-electron chi connectivity index (χ1n) is 29.3. The summed E-state index contributed by atoms with van der Waals surface area (Å²) in [5.74, 6) is 1.54. The minimum Gasteiger partial charge on any atom is -0.870 e. The van der Waals surface area contributed by atoms with E-state index in [2.05, 4.69) is 29.4 Å². The molecule has 6 aromatic carbocycles. The molecule has 0 aliphatic carbocycles. The smallest absolute Gasteiger partial charge is 0.870 e. The molecule has 0 N–H and O–H groups in total. The van der Waals surface area contributed by atoms with Crippen molar-refractivity contribution in [1.82, 2.24) is 29.4 Å². The summed E-state index contributed by atoms with van der Waals surface area (Å²) >= 11 is 0. The topological polar surface area (TPSA) is 305 Å². The van der Waals surface area contributed by atoms with E-state index in [1.54, 1.807) is 36.4 Å². The zero-order valence-corrected chi connectivity index (χ0v) is 58.5. The Bertz CT molecular complexity index is 2750. The quantitative estimate of drug-likeness (QED) is 0.106. The number of hydrogen-bond acceptors (Lipinski definition) is 22. The molecule has 2 aliphatic rings. The van der Waals surface area contributed by atoms with Gasteiger partial charge in [0.1, 0.15) is 34.5 Å². The van der Waals surface area contributed by atoms with Gasteiger partial charge in [0.2, 0.25) is 0 Å². The maximum Gasteiger partial charge on any atom is 3.00 e. The van der Waals surface area contributed by atoms with Gasteiger partial charge in [-0.15, -0.1) is 10.2 Å². The van der Waals surface area contributed by atoms with Crippen LogP contribution in [0.25, 0.3) is 0 Å². The van der Waals surface area contributed by atoms with Gasteiger partial charge in [-0.1, -0.05) is 70.9 Å². The van der Waals surface area contributed by atoms with Crippen molar-refractivity contribution in [3.63, 3.8) is 0 Å². The average molecular weight is 1550 g/mol. The molecule has 2 fully saturated rings. The van der Waals surface area contributed by atoms with Crippen LogP contribution in [0.2, 0.25) is 0 Å². The first kappa shape index (κ1) is 81.3. The molecule has 0 bridgehead atoms. The van der Waals surface area contributed by atoms with Crippen LogP contribution in [-0.2, 0) is 72.3 Å². The molecule has 0 atom stereocenters. The maximum absolute atomic E-state index is 13.1. The molecular formula is C66H84ClLuN6Ni2O16. The molecule has 0 aromatic heterocycles. The number of ether oxygens (including phenoxy) is 6. The molecule has 22 nitrogen and oxygen atoms in total. The summed E-state index contributed by atoms with van der Waals surface area (Å²) in [7, 11) is 4.17. The largest absolute Gasteiger partial charge is 3.00 e. The third-order valence-corrected chi connectivity index (χ3v) is 15.7. The predicted octanol–water partition coefficient (Wildman–Crippen LogP) is 0.596. The summed E-state index contributed by atoms with van der Waals surface area (Å²) in [5, 5.41) is 78.3. The molecular weight excluding hydrogens is 1460 g/mol. The number of benzene rings is 6. The fourth-order valence-electron chi connectivity index (χ4n) is 11.3.